The van der Waals surface area contributed by atoms with Crippen molar-refractivity contribution in [1.29, 1.82) is 0 Å². The van der Waals surface area contributed by atoms with E-state index in [0.717, 1.165) is 12.1 Å². The molecular formula is C20H18BrF3N4O5. The first-order valence-corrected chi connectivity index (χ1v) is 9.87. The Morgan fingerprint density at radius 3 is 2.52 bits per heavy atom. The summed E-state index contributed by atoms with van der Waals surface area (Å²) in [6, 6.07) is 7.23. The van der Waals surface area contributed by atoms with Gasteiger partial charge in [-0.1, -0.05) is 6.07 Å². The maximum absolute atomic E-state index is 12.8. The second kappa shape index (κ2) is 11.3. The minimum atomic E-state index is -4.54. The fourth-order valence-corrected chi connectivity index (χ4v) is 2.97. The first kappa shape index (κ1) is 25.6. The molecular weight excluding hydrogens is 513 g/mol. The van der Waals surface area contributed by atoms with E-state index >= 15 is 0 Å². The number of carbonyl (C=O) groups is 3. The van der Waals surface area contributed by atoms with E-state index in [0.29, 0.717) is 10.0 Å². The Labute approximate surface area is 194 Å². The number of likely N-dealkylation sites (N-methyl/N-ethyl adjacent to an activating group) is 1. The van der Waals surface area contributed by atoms with Crippen LogP contribution in [0.2, 0.25) is 0 Å². The number of alkyl halides is 3. The monoisotopic (exact) mass is 530 g/mol. The number of rotatable bonds is 7. The lowest BCUT2D eigenvalue weighted by atomic mass is 10.2. The molecule has 2 aromatic carbocycles. The number of carbonyl (C=O) groups excluding carboxylic acids is 3. The molecule has 0 heterocycles. The molecule has 0 saturated carbocycles. The van der Waals surface area contributed by atoms with Crippen molar-refractivity contribution in [3.8, 4) is 11.5 Å². The number of ether oxygens (including phenoxy) is 2. The van der Waals surface area contributed by atoms with E-state index in [1.807, 2.05) is 5.43 Å². The van der Waals surface area contributed by atoms with Gasteiger partial charge in [0.2, 0.25) is 0 Å². The van der Waals surface area contributed by atoms with Crippen molar-refractivity contribution < 1.29 is 37.0 Å². The van der Waals surface area contributed by atoms with Gasteiger partial charge in [-0.3, -0.25) is 14.4 Å². The summed E-state index contributed by atoms with van der Waals surface area (Å²) in [6.07, 6.45) is -3.29. The highest BCUT2D eigenvalue weighted by Gasteiger charge is 2.30. The molecule has 33 heavy (non-hydrogen) atoms. The molecule has 0 saturated heterocycles. The van der Waals surface area contributed by atoms with Crippen LogP contribution in [0.3, 0.4) is 0 Å². The van der Waals surface area contributed by atoms with E-state index in [1.54, 1.807) is 0 Å². The van der Waals surface area contributed by atoms with Gasteiger partial charge in [0.05, 0.1) is 23.4 Å². The number of hydrazone groups is 1. The molecule has 2 rings (SSSR count). The fourth-order valence-electron chi connectivity index (χ4n) is 2.39. The lowest BCUT2D eigenvalue weighted by molar-refractivity contribution is -0.138. The molecule has 0 bridgehead atoms. The van der Waals surface area contributed by atoms with Crippen molar-refractivity contribution in [3.63, 3.8) is 0 Å². The second-order valence-corrected chi connectivity index (χ2v) is 7.08. The summed E-state index contributed by atoms with van der Waals surface area (Å²) >= 11 is 3.27. The maximum atomic E-state index is 12.8. The molecule has 3 N–H and O–H groups in total. The van der Waals surface area contributed by atoms with Crippen LogP contribution in [0.1, 0.15) is 11.1 Å². The number of hydrogen-bond donors (Lipinski definition) is 3. The molecule has 0 fully saturated rings. The molecule has 0 atom stereocenters. The zero-order chi connectivity index (χ0) is 24.6. The van der Waals surface area contributed by atoms with Crippen LogP contribution in [-0.4, -0.2) is 44.7 Å². The van der Waals surface area contributed by atoms with Crippen molar-refractivity contribution in [2.75, 3.05) is 26.1 Å². The van der Waals surface area contributed by atoms with Crippen LogP contribution in [0, 0.1) is 0 Å². The molecule has 0 aliphatic rings. The van der Waals surface area contributed by atoms with Gasteiger partial charge in [0.1, 0.15) is 0 Å². The summed E-state index contributed by atoms with van der Waals surface area (Å²) in [7, 11) is 2.65. The van der Waals surface area contributed by atoms with Crippen molar-refractivity contribution in [3.05, 3.63) is 52.0 Å². The molecule has 0 aliphatic carbocycles. The van der Waals surface area contributed by atoms with Gasteiger partial charge in [-0.05, 0) is 51.8 Å². The van der Waals surface area contributed by atoms with Crippen LogP contribution >= 0.6 is 15.9 Å². The normalized spacial score (nSPS) is 11.1. The zero-order valence-corrected chi connectivity index (χ0v) is 18.8. The third-order valence-corrected chi connectivity index (χ3v) is 4.48. The standard InChI is InChI=1S/C20H18BrF3N4O5/c1-25-18(30)19(31)28-26-9-11-6-14(21)17(15(7-11)32-2)33-10-16(29)27-13-5-3-4-12(8-13)20(22,23)24/h3-9H,10H2,1-2H3,(H,25,30)(H,27,29)(H,28,31). The first-order valence-electron chi connectivity index (χ1n) is 9.07. The third kappa shape index (κ3) is 7.49. The largest absolute Gasteiger partial charge is 0.493 e. The SMILES string of the molecule is CNC(=O)C(=O)NN=Cc1cc(Br)c(OCC(=O)Nc2cccc(C(F)(F)F)c2)c(OC)c1. The molecule has 0 unspecified atom stereocenters. The number of hydrogen-bond acceptors (Lipinski definition) is 6. The molecule has 176 valence electrons. The Bertz CT molecular complexity index is 1080. The van der Waals surface area contributed by atoms with Gasteiger partial charge in [-0.15, -0.1) is 0 Å². The van der Waals surface area contributed by atoms with Crippen molar-refractivity contribution in [1.82, 2.24) is 10.7 Å². The number of amides is 3. The molecule has 2 aromatic rings. The van der Waals surface area contributed by atoms with Crippen molar-refractivity contribution in [2.45, 2.75) is 6.18 Å². The summed E-state index contributed by atoms with van der Waals surface area (Å²) in [5.41, 5.74) is 1.57. The fraction of sp³-hybridized carbons (Fsp3) is 0.200. The predicted molar refractivity (Wildman–Crippen MR) is 116 cm³/mol. The number of methoxy groups -OCH3 is 1. The number of nitrogens with one attached hydrogen (secondary N) is 3. The number of nitrogens with zero attached hydrogens (tertiary/aromatic N) is 1. The van der Waals surface area contributed by atoms with E-state index in [9.17, 15) is 27.6 Å². The Kier molecular flexibility index (Phi) is 8.79. The lowest BCUT2D eigenvalue weighted by Gasteiger charge is -2.14. The summed E-state index contributed by atoms with van der Waals surface area (Å²) < 4.78 is 49.5. The van der Waals surface area contributed by atoms with Crippen molar-refractivity contribution in [2.24, 2.45) is 5.10 Å². The van der Waals surface area contributed by atoms with Crippen LogP contribution in [0.5, 0.6) is 11.5 Å². The summed E-state index contributed by atoms with van der Waals surface area (Å²) in [6.45, 7) is -0.513. The van der Waals surface area contributed by atoms with E-state index in [4.69, 9.17) is 9.47 Å². The van der Waals surface area contributed by atoms with Gasteiger partial charge < -0.3 is 20.1 Å². The molecule has 0 radical (unpaired) electrons. The molecule has 0 spiro atoms. The van der Waals surface area contributed by atoms with Gasteiger partial charge in [0.15, 0.2) is 18.1 Å². The Morgan fingerprint density at radius 2 is 1.88 bits per heavy atom. The van der Waals surface area contributed by atoms with Crippen LogP contribution in [-0.2, 0) is 20.6 Å². The molecule has 3 amide bonds. The van der Waals surface area contributed by atoms with E-state index in [1.165, 1.54) is 44.6 Å². The molecule has 9 nitrogen and oxygen atoms in total. The highest BCUT2D eigenvalue weighted by Crippen LogP contribution is 2.36. The predicted octanol–water partition coefficient (Wildman–Crippen LogP) is 2.69. The summed E-state index contributed by atoms with van der Waals surface area (Å²) in [5, 5.41) is 8.13. The first-order chi connectivity index (χ1) is 15.5. The van der Waals surface area contributed by atoms with E-state index in [2.05, 4.69) is 31.7 Å². The molecule has 0 aliphatic heterocycles. The van der Waals surface area contributed by atoms with Gasteiger partial charge in [0.25, 0.3) is 5.91 Å². The zero-order valence-electron chi connectivity index (χ0n) is 17.2. The van der Waals surface area contributed by atoms with Crippen LogP contribution < -0.4 is 25.5 Å². The number of benzene rings is 2. The maximum Gasteiger partial charge on any atom is 0.416 e. The minimum Gasteiger partial charge on any atom is -0.493 e. The van der Waals surface area contributed by atoms with Gasteiger partial charge in [0, 0.05) is 12.7 Å². The molecule has 0 aromatic heterocycles. The highest BCUT2D eigenvalue weighted by molar-refractivity contribution is 9.10. The number of anilines is 1. The smallest absolute Gasteiger partial charge is 0.416 e. The van der Waals surface area contributed by atoms with Crippen LogP contribution in [0.4, 0.5) is 18.9 Å². The lowest BCUT2D eigenvalue weighted by Crippen LogP contribution is -2.35. The van der Waals surface area contributed by atoms with Gasteiger partial charge in [-0.25, -0.2) is 5.43 Å². The Morgan fingerprint density at radius 1 is 1.15 bits per heavy atom. The molecule has 13 heteroatoms. The Hall–Kier alpha value is -3.61. The van der Waals surface area contributed by atoms with Gasteiger partial charge in [-0.2, -0.15) is 18.3 Å². The second-order valence-electron chi connectivity index (χ2n) is 6.23. The van der Waals surface area contributed by atoms with Gasteiger partial charge >= 0.3 is 18.0 Å². The Balaban J connectivity index is 2.05. The van der Waals surface area contributed by atoms with Crippen LogP contribution in [0.15, 0.2) is 46.0 Å². The number of halogens is 4. The summed E-state index contributed by atoms with van der Waals surface area (Å²) in [5.74, 6) is -2.14. The third-order valence-electron chi connectivity index (χ3n) is 3.89. The minimum absolute atomic E-state index is 0.0326. The average molecular weight is 531 g/mol. The quantitative estimate of drug-likeness (QED) is 0.289. The topological polar surface area (TPSA) is 118 Å². The van der Waals surface area contributed by atoms with Crippen LogP contribution in [0.25, 0.3) is 0 Å². The van der Waals surface area contributed by atoms with E-state index in [-0.39, 0.29) is 17.2 Å². The summed E-state index contributed by atoms with van der Waals surface area (Å²) in [4.78, 5) is 34.6. The highest BCUT2D eigenvalue weighted by atomic mass is 79.9. The van der Waals surface area contributed by atoms with E-state index < -0.39 is 36.1 Å². The average Bonchev–Trinajstić information content (AvgIpc) is 2.76. The van der Waals surface area contributed by atoms with Crippen molar-refractivity contribution >= 4 is 45.6 Å².